The van der Waals surface area contributed by atoms with Crippen LogP contribution in [0.2, 0.25) is 0 Å². The van der Waals surface area contributed by atoms with Crippen molar-refractivity contribution in [3.63, 3.8) is 0 Å². The molecule has 1 aromatic rings. The highest BCUT2D eigenvalue weighted by Crippen LogP contribution is 2.11. The molecule has 0 aliphatic carbocycles. The number of nitrogens with one attached hydrogen (secondary N) is 1. The summed E-state index contributed by atoms with van der Waals surface area (Å²) in [5.41, 5.74) is 1.01. The lowest BCUT2D eigenvalue weighted by molar-refractivity contribution is -0.144. The van der Waals surface area contributed by atoms with Crippen LogP contribution in [0.1, 0.15) is 25.3 Å². The van der Waals surface area contributed by atoms with Gasteiger partial charge in [0.25, 0.3) is 0 Å². The van der Waals surface area contributed by atoms with Crippen molar-refractivity contribution in [2.45, 2.75) is 26.3 Å². The number of ether oxygens (including phenoxy) is 1. The molecule has 0 saturated heterocycles. The lowest BCUT2D eigenvalue weighted by Gasteiger charge is -2.05. The molecule has 1 N–H and O–H groups in total. The van der Waals surface area contributed by atoms with E-state index in [0.29, 0.717) is 13.2 Å². The molecule has 1 aromatic carbocycles. The molecule has 0 fully saturated rings. The van der Waals surface area contributed by atoms with Gasteiger partial charge in [-0.25, -0.2) is 0 Å². The van der Waals surface area contributed by atoms with Gasteiger partial charge in [0.2, 0.25) is 5.91 Å². The molecule has 4 nitrogen and oxygen atoms in total. The van der Waals surface area contributed by atoms with E-state index in [-0.39, 0.29) is 24.7 Å². The van der Waals surface area contributed by atoms with Gasteiger partial charge in [-0.15, -0.1) is 0 Å². The maximum Gasteiger partial charge on any atom is 0.306 e. The van der Waals surface area contributed by atoms with Crippen molar-refractivity contribution in [1.82, 2.24) is 5.32 Å². The summed E-state index contributed by atoms with van der Waals surface area (Å²) in [6.45, 7) is 2.55. The third kappa shape index (κ3) is 5.82. The van der Waals surface area contributed by atoms with Crippen molar-refractivity contribution >= 4 is 27.8 Å². The number of hydrogen-bond acceptors (Lipinski definition) is 3. The van der Waals surface area contributed by atoms with Gasteiger partial charge in [-0.05, 0) is 24.6 Å². The summed E-state index contributed by atoms with van der Waals surface area (Å²) in [6.07, 6.45) is 0.283. The van der Waals surface area contributed by atoms with E-state index in [9.17, 15) is 9.59 Å². The zero-order chi connectivity index (χ0) is 13.4. The van der Waals surface area contributed by atoms with Crippen LogP contribution in [0.3, 0.4) is 0 Å². The SMILES string of the molecule is CCOC(=O)CCC(=O)NCc1cccc(Br)c1. The van der Waals surface area contributed by atoms with Crippen LogP contribution in [-0.2, 0) is 20.9 Å². The fourth-order valence-electron chi connectivity index (χ4n) is 1.38. The van der Waals surface area contributed by atoms with Crippen LogP contribution >= 0.6 is 15.9 Å². The van der Waals surface area contributed by atoms with Gasteiger partial charge in [0.05, 0.1) is 13.0 Å². The molecule has 1 rings (SSSR count). The summed E-state index contributed by atoms with van der Waals surface area (Å²) in [5.74, 6) is -0.488. The molecule has 0 radical (unpaired) electrons. The molecule has 0 unspecified atom stereocenters. The van der Waals surface area contributed by atoms with Crippen LogP contribution in [0.25, 0.3) is 0 Å². The summed E-state index contributed by atoms with van der Waals surface area (Å²) < 4.78 is 5.72. The van der Waals surface area contributed by atoms with Crippen LogP contribution in [0, 0.1) is 0 Å². The van der Waals surface area contributed by atoms with Gasteiger partial charge in [0.15, 0.2) is 0 Å². The number of halogens is 1. The van der Waals surface area contributed by atoms with Crippen LogP contribution in [0.15, 0.2) is 28.7 Å². The second-order valence-electron chi connectivity index (χ2n) is 3.71. The normalized spacial score (nSPS) is 9.89. The number of benzene rings is 1. The highest BCUT2D eigenvalue weighted by atomic mass is 79.9. The van der Waals surface area contributed by atoms with Gasteiger partial charge in [0, 0.05) is 17.4 Å². The van der Waals surface area contributed by atoms with Crippen molar-refractivity contribution < 1.29 is 14.3 Å². The highest BCUT2D eigenvalue weighted by molar-refractivity contribution is 9.10. The lowest BCUT2D eigenvalue weighted by atomic mass is 10.2. The third-order valence-corrected chi connectivity index (χ3v) is 2.73. The van der Waals surface area contributed by atoms with E-state index >= 15 is 0 Å². The Kier molecular flexibility index (Phi) is 6.43. The molecule has 5 heteroatoms. The summed E-state index contributed by atoms with van der Waals surface area (Å²) in [4.78, 5) is 22.5. The van der Waals surface area contributed by atoms with E-state index < -0.39 is 0 Å². The van der Waals surface area contributed by atoms with E-state index in [1.165, 1.54) is 0 Å². The third-order valence-electron chi connectivity index (χ3n) is 2.24. The van der Waals surface area contributed by atoms with Crippen LogP contribution in [0.4, 0.5) is 0 Å². The first-order chi connectivity index (χ1) is 8.61. The average molecular weight is 314 g/mol. The van der Waals surface area contributed by atoms with Crippen molar-refractivity contribution in [3.05, 3.63) is 34.3 Å². The molecule has 0 aliphatic rings. The zero-order valence-corrected chi connectivity index (χ0v) is 11.8. The minimum absolute atomic E-state index is 0.123. The molecule has 0 aliphatic heterocycles. The standard InChI is InChI=1S/C13H16BrNO3/c1-2-18-13(17)7-6-12(16)15-9-10-4-3-5-11(14)8-10/h3-5,8H,2,6-7,9H2,1H3,(H,15,16). The van der Waals surface area contributed by atoms with Crippen molar-refractivity contribution in [3.8, 4) is 0 Å². The number of rotatable bonds is 6. The Morgan fingerprint density at radius 3 is 2.78 bits per heavy atom. The van der Waals surface area contributed by atoms with Gasteiger partial charge in [0.1, 0.15) is 0 Å². The van der Waals surface area contributed by atoms with Crippen molar-refractivity contribution in [2.75, 3.05) is 6.61 Å². The summed E-state index contributed by atoms with van der Waals surface area (Å²) >= 11 is 3.36. The van der Waals surface area contributed by atoms with Gasteiger partial charge in [-0.2, -0.15) is 0 Å². The Hall–Kier alpha value is -1.36. The molecular formula is C13H16BrNO3. The van der Waals surface area contributed by atoms with Crippen LogP contribution in [-0.4, -0.2) is 18.5 Å². The largest absolute Gasteiger partial charge is 0.466 e. The first-order valence-electron chi connectivity index (χ1n) is 5.78. The van der Waals surface area contributed by atoms with E-state index in [1.54, 1.807) is 6.92 Å². The first kappa shape index (κ1) is 14.7. The van der Waals surface area contributed by atoms with E-state index in [4.69, 9.17) is 4.74 Å². The molecule has 1 amide bonds. The highest BCUT2D eigenvalue weighted by Gasteiger charge is 2.07. The number of esters is 1. The minimum Gasteiger partial charge on any atom is -0.466 e. The number of carbonyl (C=O) groups excluding carboxylic acids is 2. The van der Waals surface area contributed by atoms with Gasteiger partial charge >= 0.3 is 5.97 Å². The summed E-state index contributed by atoms with van der Waals surface area (Å²) in [7, 11) is 0. The lowest BCUT2D eigenvalue weighted by Crippen LogP contribution is -2.23. The van der Waals surface area contributed by atoms with E-state index in [0.717, 1.165) is 10.0 Å². The van der Waals surface area contributed by atoms with Gasteiger partial charge in [-0.3, -0.25) is 9.59 Å². The molecule has 0 atom stereocenters. The Morgan fingerprint density at radius 1 is 1.33 bits per heavy atom. The predicted octanol–water partition coefficient (Wildman–Crippen LogP) is 2.41. The molecule has 0 bridgehead atoms. The number of hydrogen-bond donors (Lipinski definition) is 1. The molecule has 0 aromatic heterocycles. The van der Waals surface area contributed by atoms with Crippen LogP contribution < -0.4 is 5.32 Å². The summed E-state index contributed by atoms with van der Waals surface area (Å²) in [5, 5.41) is 2.76. The molecule has 0 heterocycles. The average Bonchev–Trinajstić information content (AvgIpc) is 2.34. The number of carbonyl (C=O) groups is 2. The maximum atomic E-state index is 11.5. The molecule has 18 heavy (non-hydrogen) atoms. The Balaban J connectivity index is 2.27. The van der Waals surface area contributed by atoms with Crippen molar-refractivity contribution in [1.29, 1.82) is 0 Å². The molecule has 98 valence electrons. The zero-order valence-electron chi connectivity index (χ0n) is 10.2. The first-order valence-corrected chi connectivity index (χ1v) is 6.58. The quantitative estimate of drug-likeness (QED) is 0.821. The van der Waals surface area contributed by atoms with Crippen molar-refractivity contribution in [2.24, 2.45) is 0 Å². The maximum absolute atomic E-state index is 11.5. The summed E-state index contributed by atoms with van der Waals surface area (Å²) in [6, 6.07) is 7.69. The van der Waals surface area contributed by atoms with E-state index in [2.05, 4.69) is 21.2 Å². The van der Waals surface area contributed by atoms with Gasteiger partial charge < -0.3 is 10.1 Å². The fourth-order valence-corrected chi connectivity index (χ4v) is 1.83. The van der Waals surface area contributed by atoms with E-state index in [1.807, 2.05) is 24.3 Å². The smallest absolute Gasteiger partial charge is 0.306 e. The number of amides is 1. The Labute approximate surface area is 115 Å². The second kappa shape index (κ2) is 7.87. The Bertz CT molecular complexity index is 420. The molecule has 0 saturated carbocycles. The second-order valence-corrected chi connectivity index (χ2v) is 4.63. The molecular weight excluding hydrogens is 298 g/mol. The Morgan fingerprint density at radius 2 is 2.11 bits per heavy atom. The van der Waals surface area contributed by atoms with Gasteiger partial charge in [-0.1, -0.05) is 28.1 Å². The minimum atomic E-state index is -0.338. The topological polar surface area (TPSA) is 55.4 Å². The molecule has 0 spiro atoms. The fraction of sp³-hybridized carbons (Fsp3) is 0.385. The van der Waals surface area contributed by atoms with Crippen LogP contribution in [0.5, 0.6) is 0 Å². The predicted molar refractivity (Wildman–Crippen MR) is 71.9 cm³/mol. The monoisotopic (exact) mass is 313 g/mol.